The van der Waals surface area contributed by atoms with Gasteiger partial charge in [0, 0.05) is 26.8 Å². The number of benzene rings is 1. The topological polar surface area (TPSA) is 30.5 Å². The summed E-state index contributed by atoms with van der Waals surface area (Å²) >= 11 is 0. The second-order valence-corrected chi connectivity index (χ2v) is 4.85. The Kier molecular flexibility index (Phi) is 6.94. The van der Waals surface area contributed by atoms with Crippen LogP contribution < -0.4 is 5.32 Å². The van der Waals surface area contributed by atoms with Gasteiger partial charge in [0.2, 0.25) is 0 Å². The van der Waals surface area contributed by atoms with Crippen molar-refractivity contribution in [1.82, 2.24) is 5.32 Å². The van der Waals surface area contributed by atoms with Crippen LogP contribution in [-0.4, -0.2) is 33.5 Å². The molecule has 0 radical (unpaired) electrons. The molecule has 0 aromatic heterocycles. The summed E-state index contributed by atoms with van der Waals surface area (Å²) in [6.45, 7) is 5.86. The molecule has 0 bridgehead atoms. The lowest BCUT2D eigenvalue weighted by Gasteiger charge is -2.25. The van der Waals surface area contributed by atoms with Crippen LogP contribution in [0.4, 0.5) is 0 Å². The number of rotatable bonds is 8. The fourth-order valence-corrected chi connectivity index (χ4v) is 2.05. The SMILES string of the molecule is COCC(CNC(c1ccccc1)C(C)C)OC. The van der Waals surface area contributed by atoms with Crippen LogP contribution in [0.2, 0.25) is 0 Å². The van der Waals surface area contributed by atoms with Crippen molar-refractivity contribution in [3.8, 4) is 0 Å². The molecule has 0 amide bonds. The molecule has 0 heterocycles. The Morgan fingerprint density at radius 2 is 1.78 bits per heavy atom. The summed E-state index contributed by atoms with van der Waals surface area (Å²) in [6.07, 6.45) is 0.0972. The van der Waals surface area contributed by atoms with Crippen molar-refractivity contribution in [2.45, 2.75) is 26.0 Å². The largest absolute Gasteiger partial charge is 0.382 e. The molecule has 0 saturated heterocycles. The lowest BCUT2D eigenvalue weighted by Crippen LogP contribution is -2.36. The first-order chi connectivity index (χ1) is 8.69. The number of hydrogen-bond acceptors (Lipinski definition) is 3. The maximum atomic E-state index is 5.37. The summed E-state index contributed by atoms with van der Waals surface area (Å²) in [5.74, 6) is 0.535. The van der Waals surface area contributed by atoms with Crippen molar-refractivity contribution < 1.29 is 9.47 Å². The average Bonchev–Trinajstić information content (AvgIpc) is 2.38. The van der Waals surface area contributed by atoms with Crippen LogP contribution >= 0.6 is 0 Å². The number of hydrogen-bond donors (Lipinski definition) is 1. The summed E-state index contributed by atoms with van der Waals surface area (Å²) in [5, 5.41) is 3.57. The zero-order valence-electron chi connectivity index (χ0n) is 11.8. The van der Waals surface area contributed by atoms with Crippen LogP contribution in [0, 0.1) is 5.92 Å². The number of nitrogens with one attached hydrogen (secondary N) is 1. The molecule has 1 aromatic carbocycles. The monoisotopic (exact) mass is 251 g/mol. The van der Waals surface area contributed by atoms with E-state index in [0.717, 1.165) is 6.54 Å². The van der Waals surface area contributed by atoms with Gasteiger partial charge in [0.1, 0.15) is 0 Å². The summed E-state index contributed by atoms with van der Waals surface area (Å²) in [6, 6.07) is 10.9. The minimum atomic E-state index is 0.0972. The molecule has 1 N–H and O–H groups in total. The molecule has 3 nitrogen and oxygen atoms in total. The van der Waals surface area contributed by atoms with Gasteiger partial charge in [0.25, 0.3) is 0 Å². The van der Waals surface area contributed by atoms with Crippen molar-refractivity contribution in [3.05, 3.63) is 35.9 Å². The van der Waals surface area contributed by atoms with Gasteiger partial charge >= 0.3 is 0 Å². The smallest absolute Gasteiger partial charge is 0.0928 e. The fraction of sp³-hybridized carbons (Fsp3) is 0.600. The summed E-state index contributed by atoms with van der Waals surface area (Å²) in [4.78, 5) is 0. The molecule has 0 spiro atoms. The number of methoxy groups -OCH3 is 2. The van der Waals surface area contributed by atoms with Gasteiger partial charge in [0.15, 0.2) is 0 Å². The highest BCUT2D eigenvalue weighted by molar-refractivity contribution is 5.19. The van der Waals surface area contributed by atoms with Crippen LogP contribution in [0.1, 0.15) is 25.5 Å². The highest BCUT2D eigenvalue weighted by Crippen LogP contribution is 2.21. The minimum Gasteiger partial charge on any atom is -0.382 e. The van der Waals surface area contributed by atoms with Crippen LogP contribution in [0.5, 0.6) is 0 Å². The highest BCUT2D eigenvalue weighted by atomic mass is 16.5. The van der Waals surface area contributed by atoms with Crippen LogP contribution in [0.25, 0.3) is 0 Å². The maximum Gasteiger partial charge on any atom is 0.0928 e. The predicted molar refractivity (Wildman–Crippen MR) is 74.7 cm³/mol. The Labute approximate surface area is 110 Å². The van der Waals surface area contributed by atoms with E-state index in [1.165, 1.54) is 5.56 Å². The Bertz CT molecular complexity index is 314. The third kappa shape index (κ3) is 4.77. The quantitative estimate of drug-likeness (QED) is 0.770. The summed E-state index contributed by atoms with van der Waals surface area (Å²) in [7, 11) is 3.42. The first-order valence-corrected chi connectivity index (χ1v) is 6.49. The van der Waals surface area contributed by atoms with E-state index in [9.17, 15) is 0 Å². The minimum absolute atomic E-state index is 0.0972. The first kappa shape index (κ1) is 15.2. The molecule has 2 atom stereocenters. The van der Waals surface area contributed by atoms with Gasteiger partial charge < -0.3 is 14.8 Å². The van der Waals surface area contributed by atoms with E-state index >= 15 is 0 Å². The van der Waals surface area contributed by atoms with Gasteiger partial charge in [0.05, 0.1) is 12.7 Å². The highest BCUT2D eigenvalue weighted by Gasteiger charge is 2.17. The standard InChI is InChI=1S/C15H25NO2/c1-12(2)15(13-8-6-5-7-9-13)16-10-14(18-4)11-17-3/h5-9,12,14-16H,10-11H2,1-4H3. The molecule has 18 heavy (non-hydrogen) atoms. The Morgan fingerprint density at radius 1 is 1.11 bits per heavy atom. The zero-order valence-corrected chi connectivity index (χ0v) is 11.8. The second-order valence-electron chi connectivity index (χ2n) is 4.85. The molecule has 2 unspecified atom stereocenters. The van der Waals surface area contributed by atoms with Crippen LogP contribution in [-0.2, 0) is 9.47 Å². The van der Waals surface area contributed by atoms with Crippen molar-refractivity contribution >= 4 is 0 Å². The van der Waals surface area contributed by atoms with Gasteiger partial charge in [-0.1, -0.05) is 44.2 Å². The van der Waals surface area contributed by atoms with Crippen LogP contribution in [0.3, 0.4) is 0 Å². The predicted octanol–water partition coefficient (Wildman–Crippen LogP) is 2.63. The Hall–Kier alpha value is -0.900. The van der Waals surface area contributed by atoms with E-state index in [2.05, 4.69) is 43.4 Å². The van der Waals surface area contributed by atoms with Gasteiger partial charge in [-0.05, 0) is 11.5 Å². The summed E-state index contributed by atoms with van der Waals surface area (Å²) in [5.41, 5.74) is 1.32. The molecule has 0 saturated carbocycles. The molecular weight excluding hydrogens is 226 g/mol. The molecule has 1 aromatic rings. The van der Waals surface area contributed by atoms with Crippen molar-refractivity contribution in [1.29, 1.82) is 0 Å². The van der Waals surface area contributed by atoms with Crippen molar-refractivity contribution in [3.63, 3.8) is 0 Å². The third-order valence-electron chi connectivity index (χ3n) is 3.08. The summed E-state index contributed by atoms with van der Waals surface area (Å²) < 4.78 is 10.5. The maximum absolute atomic E-state index is 5.37. The molecule has 0 fully saturated rings. The molecule has 102 valence electrons. The molecule has 1 rings (SSSR count). The van der Waals surface area contributed by atoms with E-state index in [-0.39, 0.29) is 6.10 Å². The number of ether oxygens (including phenoxy) is 2. The van der Waals surface area contributed by atoms with Gasteiger partial charge in [-0.15, -0.1) is 0 Å². The first-order valence-electron chi connectivity index (χ1n) is 6.49. The second kappa shape index (κ2) is 8.25. The van der Waals surface area contributed by atoms with Crippen molar-refractivity contribution in [2.24, 2.45) is 5.92 Å². The van der Waals surface area contributed by atoms with E-state index in [0.29, 0.717) is 18.6 Å². The normalized spacial score (nSPS) is 14.7. The van der Waals surface area contributed by atoms with Gasteiger partial charge in [-0.25, -0.2) is 0 Å². The third-order valence-corrected chi connectivity index (χ3v) is 3.08. The van der Waals surface area contributed by atoms with Crippen molar-refractivity contribution in [2.75, 3.05) is 27.4 Å². The Balaban J connectivity index is 2.59. The van der Waals surface area contributed by atoms with Crippen LogP contribution in [0.15, 0.2) is 30.3 Å². The average molecular weight is 251 g/mol. The fourth-order valence-electron chi connectivity index (χ4n) is 2.05. The van der Waals surface area contributed by atoms with Gasteiger partial charge in [-0.3, -0.25) is 0 Å². The van der Waals surface area contributed by atoms with E-state index < -0.39 is 0 Å². The molecule has 3 heteroatoms. The van der Waals surface area contributed by atoms with E-state index in [1.54, 1.807) is 14.2 Å². The molecule has 0 aliphatic rings. The molecular formula is C15H25NO2. The zero-order chi connectivity index (χ0) is 13.4. The van der Waals surface area contributed by atoms with E-state index in [1.807, 2.05) is 6.07 Å². The lowest BCUT2D eigenvalue weighted by molar-refractivity contribution is 0.0264. The Morgan fingerprint density at radius 3 is 2.28 bits per heavy atom. The molecule has 0 aliphatic carbocycles. The lowest BCUT2D eigenvalue weighted by atomic mass is 9.96. The molecule has 0 aliphatic heterocycles. The van der Waals surface area contributed by atoms with Gasteiger partial charge in [-0.2, -0.15) is 0 Å². The van der Waals surface area contributed by atoms with E-state index in [4.69, 9.17) is 9.47 Å².